The molecule has 1 heteroatoms. The smallest absolute Gasteiger partial charge is 0.0645 e. The Morgan fingerprint density at radius 1 is 0.239 bits per heavy atom. The summed E-state index contributed by atoms with van der Waals surface area (Å²) in [5.74, 6) is 0. The summed E-state index contributed by atoms with van der Waals surface area (Å²) in [5, 5.41) is 5.71. The molecule has 0 fully saturated rings. The van der Waals surface area contributed by atoms with E-state index in [0.29, 0.717) is 16.8 Å². The van der Waals surface area contributed by atoms with E-state index in [4.69, 9.17) is 0 Å². The molecule has 0 atom stereocenters. The second-order valence-electron chi connectivity index (χ2n) is 16.6. The molecule has 0 aromatic heterocycles. The third kappa shape index (κ3) is 7.53. The fourth-order valence-electron chi connectivity index (χ4n) is 9.39. The van der Waals surface area contributed by atoms with Crippen LogP contribution in [-0.4, -0.2) is 0 Å². The first kappa shape index (κ1) is 32.0. The van der Waals surface area contributed by atoms with Gasteiger partial charge in [0.15, 0.2) is 0 Å². The molecular formula is C66H45N. The van der Waals surface area contributed by atoms with Crippen molar-refractivity contribution < 1.29 is 11.0 Å². The van der Waals surface area contributed by atoms with Gasteiger partial charge >= 0.3 is 0 Å². The highest BCUT2D eigenvalue weighted by atomic mass is 15.1. The number of hydrogen-bond donors (Lipinski definition) is 0. The maximum absolute atomic E-state index is 9.87. The van der Waals surface area contributed by atoms with Gasteiger partial charge in [-0.2, -0.15) is 0 Å². The van der Waals surface area contributed by atoms with Crippen LogP contribution in [0.4, 0.5) is 17.1 Å². The quantitative estimate of drug-likeness (QED) is 0.131. The maximum Gasteiger partial charge on any atom is 0.0645 e. The number of anilines is 3. The first-order valence-corrected chi connectivity index (χ1v) is 22.4. The number of fused-ring (bicyclic) bond motifs is 4. The third-order valence-electron chi connectivity index (χ3n) is 12.6. The lowest BCUT2D eigenvalue weighted by Crippen LogP contribution is -2.09. The van der Waals surface area contributed by atoms with E-state index in [1.54, 1.807) is 12.1 Å². The summed E-state index contributed by atoms with van der Waals surface area (Å²) in [6.45, 7) is 0. The van der Waals surface area contributed by atoms with Gasteiger partial charge in [0.25, 0.3) is 0 Å². The van der Waals surface area contributed by atoms with Crippen LogP contribution in [0.15, 0.2) is 273 Å². The van der Waals surface area contributed by atoms with Crippen LogP contribution in [0.25, 0.3) is 99.1 Å². The molecule has 12 rings (SSSR count). The summed E-state index contributed by atoms with van der Waals surface area (Å²) in [6.07, 6.45) is 0. The lowest BCUT2D eigenvalue weighted by molar-refractivity contribution is 1.28. The molecule has 0 amide bonds. The SMILES string of the molecule is [2H]c1c([2H])c(N(c2ccc(-c3ccc4ccccc4c3-c3ccccc3)cc2)c2c([2H])c([2H])c(-c3cc4ccccc4c4ccccc34)c([2H])c2[2H])c([2H])c([2H])c1-c1ccc(-c2ccccc2)c(-c2ccccc2)c1. The maximum atomic E-state index is 9.87. The van der Waals surface area contributed by atoms with Gasteiger partial charge in [-0.15, -0.1) is 0 Å². The first-order chi connectivity index (χ1) is 36.6. The highest BCUT2D eigenvalue weighted by molar-refractivity contribution is 6.14. The van der Waals surface area contributed by atoms with Gasteiger partial charge in [0.1, 0.15) is 0 Å². The van der Waals surface area contributed by atoms with Crippen molar-refractivity contribution in [2.24, 2.45) is 0 Å². The van der Waals surface area contributed by atoms with E-state index in [9.17, 15) is 11.0 Å². The molecule has 0 bridgehead atoms. The number of nitrogens with zero attached hydrogens (tertiary/aromatic N) is 1. The number of benzene rings is 12. The summed E-state index contributed by atoms with van der Waals surface area (Å²) in [6, 6.07) is 70.1. The van der Waals surface area contributed by atoms with E-state index in [2.05, 4.69) is 36.4 Å². The normalized spacial score (nSPS) is 13.0. The van der Waals surface area contributed by atoms with Crippen LogP contribution >= 0.6 is 0 Å². The predicted octanol–water partition coefficient (Wildman–Crippen LogP) is 18.6. The third-order valence-corrected chi connectivity index (χ3v) is 12.6. The van der Waals surface area contributed by atoms with E-state index >= 15 is 0 Å². The van der Waals surface area contributed by atoms with Gasteiger partial charge in [-0.3, -0.25) is 0 Å². The van der Waals surface area contributed by atoms with Gasteiger partial charge in [-0.05, 0) is 148 Å². The highest BCUT2D eigenvalue weighted by Gasteiger charge is 2.18. The first-order valence-electron chi connectivity index (χ1n) is 26.4. The van der Waals surface area contributed by atoms with E-state index in [0.717, 1.165) is 76.8 Å². The Hall–Kier alpha value is -8.78. The van der Waals surface area contributed by atoms with Gasteiger partial charge in [0.05, 0.1) is 11.0 Å². The zero-order valence-corrected chi connectivity index (χ0v) is 36.3. The second-order valence-corrected chi connectivity index (χ2v) is 16.6. The summed E-state index contributed by atoms with van der Waals surface area (Å²) < 4.78 is 78.5. The average molecular weight is 860 g/mol. The Kier molecular flexibility index (Phi) is 8.26. The van der Waals surface area contributed by atoms with Gasteiger partial charge in [0, 0.05) is 17.1 Å². The second kappa shape index (κ2) is 17.3. The number of hydrogen-bond acceptors (Lipinski definition) is 1. The van der Waals surface area contributed by atoms with Crippen LogP contribution < -0.4 is 4.90 Å². The van der Waals surface area contributed by atoms with Gasteiger partial charge in [0.2, 0.25) is 0 Å². The molecule has 0 spiro atoms. The molecule has 0 heterocycles. The lowest BCUT2D eigenvalue weighted by Gasteiger charge is -2.26. The van der Waals surface area contributed by atoms with Crippen LogP contribution in [0.1, 0.15) is 11.0 Å². The van der Waals surface area contributed by atoms with E-state index in [1.165, 1.54) is 4.90 Å². The molecule has 0 aliphatic carbocycles. The molecule has 67 heavy (non-hydrogen) atoms. The Balaban J connectivity index is 1.08. The molecule has 12 aromatic rings. The Labute approximate surface area is 403 Å². The minimum absolute atomic E-state index is 0.0867. The van der Waals surface area contributed by atoms with Crippen molar-refractivity contribution in [2.45, 2.75) is 0 Å². The molecule has 0 saturated heterocycles. The fraction of sp³-hybridized carbons (Fsp3) is 0. The largest absolute Gasteiger partial charge is 0.311 e. The Bertz CT molecular complexity index is 4140. The lowest BCUT2D eigenvalue weighted by atomic mass is 9.89. The molecule has 0 saturated carbocycles. The standard InChI is InChI=1S/C66H45N/c1-4-16-47(17-5-1)59-42-35-53(44-64(59)48-18-6-2-7-19-48)46-28-36-55(37-29-46)67(57-40-32-51(33-41-57)65-45-54-23-11-12-24-58(54)62-26-14-15-27-63(62)65)56-38-30-50(31-39-56)61-43-34-49-20-10-13-25-60(49)66(61)52-21-8-3-9-22-52/h1-45H/i28D,29D,32D,33D,36D,37D,40D,41D. The Morgan fingerprint density at radius 3 is 1.37 bits per heavy atom. The summed E-state index contributed by atoms with van der Waals surface area (Å²) in [4.78, 5) is 1.38. The molecule has 1 nitrogen and oxygen atoms in total. The van der Waals surface area contributed by atoms with E-state index in [1.807, 2.05) is 176 Å². The average Bonchev–Trinajstić information content (AvgIpc) is 3.48. The van der Waals surface area contributed by atoms with Crippen molar-refractivity contribution in [3.05, 3.63) is 273 Å². The molecule has 0 aliphatic heterocycles. The van der Waals surface area contributed by atoms with Crippen molar-refractivity contribution in [3.63, 3.8) is 0 Å². The summed E-state index contributed by atoms with van der Waals surface area (Å²) in [7, 11) is 0. The minimum Gasteiger partial charge on any atom is -0.311 e. The van der Waals surface area contributed by atoms with Crippen molar-refractivity contribution in [3.8, 4) is 66.8 Å². The zero-order valence-electron chi connectivity index (χ0n) is 44.3. The van der Waals surface area contributed by atoms with Crippen LogP contribution in [-0.2, 0) is 0 Å². The van der Waals surface area contributed by atoms with Gasteiger partial charge in [-0.1, -0.05) is 224 Å². The van der Waals surface area contributed by atoms with Crippen molar-refractivity contribution >= 4 is 49.4 Å². The molecule has 0 radical (unpaired) electrons. The highest BCUT2D eigenvalue weighted by Crippen LogP contribution is 2.43. The summed E-state index contributed by atoms with van der Waals surface area (Å²) >= 11 is 0. The molecule has 0 unspecified atom stereocenters. The Morgan fingerprint density at radius 2 is 0.716 bits per heavy atom. The molecule has 314 valence electrons. The minimum atomic E-state index is -0.411. The topological polar surface area (TPSA) is 3.24 Å². The molecule has 0 aliphatic rings. The van der Waals surface area contributed by atoms with E-state index < -0.39 is 24.2 Å². The monoisotopic (exact) mass is 859 g/mol. The molecule has 12 aromatic carbocycles. The molecule has 0 N–H and O–H groups in total. The summed E-state index contributed by atoms with van der Waals surface area (Å²) in [5.41, 5.74) is 8.68. The van der Waals surface area contributed by atoms with Crippen molar-refractivity contribution in [1.29, 1.82) is 0 Å². The van der Waals surface area contributed by atoms with Crippen LogP contribution in [0.3, 0.4) is 0 Å². The molecular weight excluding hydrogens is 807 g/mol. The fourth-order valence-corrected chi connectivity index (χ4v) is 9.39. The van der Waals surface area contributed by atoms with Crippen molar-refractivity contribution in [1.82, 2.24) is 0 Å². The van der Waals surface area contributed by atoms with Crippen molar-refractivity contribution in [2.75, 3.05) is 4.90 Å². The number of rotatable bonds is 9. The van der Waals surface area contributed by atoms with Gasteiger partial charge < -0.3 is 4.90 Å². The van der Waals surface area contributed by atoms with Crippen LogP contribution in [0, 0.1) is 0 Å². The van der Waals surface area contributed by atoms with Crippen LogP contribution in [0.5, 0.6) is 0 Å². The van der Waals surface area contributed by atoms with E-state index in [-0.39, 0.29) is 46.7 Å². The predicted molar refractivity (Wildman–Crippen MR) is 286 cm³/mol. The van der Waals surface area contributed by atoms with Crippen LogP contribution in [0.2, 0.25) is 0 Å². The zero-order chi connectivity index (χ0) is 51.5. The van der Waals surface area contributed by atoms with Gasteiger partial charge in [-0.25, -0.2) is 0 Å².